The fourth-order valence-corrected chi connectivity index (χ4v) is 2.81. The Morgan fingerprint density at radius 3 is 1.92 bits per heavy atom. The van der Waals surface area contributed by atoms with Crippen molar-refractivity contribution in [3.8, 4) is 0 Å². The fourth-order valence-electron chi connectivity index (χ4n) is 2.81. The summed E-state index contributed by atoms with van der Waals surface area (Å²) in [6.45, 7) is 21.6. The van der Waals surface area contributed by atoms with E-state index in [4.69, 9.17) is 0 Å². The molecule has 2 nitrogen and oxygen atoms in total. The van der Waals surface area contributed by atoms with E-state index < -0.39 is 11.7 Å². The Morgan fingerprint density at radius 1 is 1.04 bits per heavy atom. The molecule has 4 heteroatoms. The lowest BCUT2D eigenvalue weighted by Crippen LogP contribution is -2.38. The van der Waals surface area contributed by atoms with Gasteiger partial charge in [-0.1, -0.05) is 45.6 Å². The Morgan fingerprint density at radius 2 is 1.56 bits per heavy atom. The number of rotatable bonds is 10. The summed E-state index contributed by atoms with van der Waals surface area (Å²) in [4.78, 5) is 0. The number of nitrogens with zero attached hydrogens (tertiary/aromatic N) is 2. The second kappa shape index (κ2) is 10.3. The maximum Gasteiger partial charge on any atom is 0.158 e. The summed E-state index contributed by atoms with van der Waals surface area (Å²) >= 11 is 0. The van der Waals surface area contributed by atoms with Crippen LogP contribution in [0.5, 0.6) is 0 Å². The summed E-state index contributed by atoms with van der Waals surface area (Å²) in [5.74, 6) is -1.38. The number of allylic oxidation sites excluding steroid dienone is 3. The number of halogens is 2. The van der Waals surface area contributed by atoms with Crippen LogP contribution >= 0.6 is 0 Å². The molecule has 0 N–H and O–H groups in total. The van der Waals surface area contributed by atoms with E-state index in [0.29, 0.717) is 11.6 Å². The van der Waals surface area contributed by atoms with Crippen LogP contribution in [0.2, 0.25) is 0 Å². The first kappa shape index (κ1) is 23.3. The molecule has 0 heterocycles. The van der Waals surface area contributed by atoms with Crippen LogP contribution in [0.15, 0.2) is 59.4 Å². The van der Waals surface area contributed by atoms with E-state index >= 15 is 0 Å². The largest absolute Gasteiger partial charge is 0.302 e. The highest BCUT2D eigenvalue weighted by Crippen LogP contribution is 2.31. The standard InChI is InChI=1S/C21H34F2N2/c1-11-12-15(4)17(6)20(14(2)3)19(8)25(24(9)10)13-16(5)21(23)18(7)22/h15H,2,5,8,11-13H2,1,3-4,6-7,9-10H3/b20-17-,21-18-. The molecule has 0 rings (SSSR count). The maximum atomic E-state index is 13.9. The molecule has 0 amide bonds. The van der Waals surface area contributed by atoms with E-state index in [1.165, 1.54) is 5.57 Å². The molecule has 25 heavy (non-hydrogen) atoms. The van der Waals surface area contributed by atoms with E-state index in [-0.39, 0.29) is 12.1 Å². The summed E-state index contributed by atoms with van der Waals surface area (Å²) in [5, 5.41) is 3.59. The molecule has 0 spiro atoms. The van der Waals surface area contributed by atoms with Gasteiger partial charge < -0.3 is 5.01 Å². The summed E-state index contributed by atoms with van der Waals surface area (Å²) < 4.78 is 27.0. The van der Waals surface area contributed by atoms with E-state index in [1.54, 1.807) is 10.0 Å². The second-order valence-corrected chi connectivity index (χ2v) is 6.83. The van der Waals surface area contributed by atoms with Crippen molar-refractivity contribution in [2.45, 2.75) is 47.5 Å². The number of hydrogen-bond acceptors (Lipinski definition) is 2. The molecule has 0 aliphatic heterocycles. The van der Waals surface area contributed by atoms with E-state index in [9.17, 15) is 8.78 Å². The molecule has 0 aromatic heterocycles. The predicted molar refractivity (Wildman–Crippen MR) is 105 cm³/mol. The van der Waals surface area contributed by atoms with Crippen LogP contribution in [0.4, 0.5) is 8.78 Å². The quantitative estimate of drug-likeness (QED) is 0.334. The summed E-state index contributed by atoms with van der Waals surface area (Å²) in [6.07, 6.45) is 2.16. The molecule has 1 unspecified atom stereocenters. The Kier molecular flexibility index (Phi) is 9.65. The lowest BCUT2D eigenvalue weighted by Gasteiger charge is -2.35. The smallest absolute Gasteiger partial charge is 0.158 e. The molecular formula is C21H34F2N2. The summed E-state index contributed by atoms with van der Waals surface area (Å²) in [7, 11) is 3.67. The van der Waals surface area contributed by atoms with Gasteiger partial charge in [-0.05, 0) is 38.7 Å². The van der Waals surface area contributed by atoms with Crippen LogP contribution in [0, 0.1) is 5.92 Å². The molecule has 0 fully saturated rings. The molecule has 0 aromatic rings. The normalized spacial score (nSPS) is 14.6. The first-order chi connectivity index (χ1) is 11.4. The van der Waals surface area contributed by atoms with Crippen molar-refractivity contribution in [1.29, 1.82) is 0 Å². The van der Waals surface area contributed by atoms with Crippen LogP contribution in [-0.2, 0) is 0 Å². The van der Waals surface area contributed by atoms with Crippen LogP contribution in [0.1, 0.15) is 47.5 Å². The van der Waals surface area contributed by atoms with Crippen LogP contribution in [0.3, 0.4) is 0 Å². The minimum absolute atomic E-state index is 0.0789. The van der Waals surface area contributed by atoms with Gasteiger partial charge in [-0.3, -0.25) is 0 Å². The first-order valence-corrected chi connectivity index (χ1v) is 8.66. The Bertz CT molecular complexity index is 579. The molecule has 0 bridgehead atoms. The van der Waals surface area contributed by atoms with Crippen LogP contribution in [-0.4, -0.2) is 30.7 Å². The van der Waals surface area contributed by atoms with Gasteiger partial charge in [0.25, 0.3) is 0 Å². The third-order valence-corrected chi connectivity index (χ3v) is 4.32. The van der Waals surface area contributed by atoms with Gasteiger partial charge >= 0.3 is 0 Å². The number of hydrogen-bond donors (Lipinski definition) is 0. The zero-order chi connectivity index (χ0) is 19.9. The molecule has 0 aromatic carbocycles. The zero-order valence-corrected chi connectivity index (χ0v) is 17.0. The topological polar surface area (TPSA) is 6.48 Å². The van der Waals surface area contributed by atoms with Gasteiger partial charge in [0.2, 0.25) is 0 Å². The van der Waals surface area contributed by atoms with Crippen molar-refractivity contribution in [3.05, 3.63) is 59.4 Å². The monoisotopic (exact) mass is 352 g/mol. The number of hydrazine groups is 1. The molecule has 0 radical (unpaired) electrons. The van der Waals surface area contributed by atoms with Gasteiger partial charge in [-0.15, -0.1) is 0 Å². The van der Waals surface area contributed by atoms with Crippen molar-refractivity contribution < 1.29 is 8.78 Å². The first-order valence-electron chi connectivity index (χ1n) is 8.66. The molecular weight excluding hydrogens is 318 g/mol. The second-order valence-electron chi connectivity index (χ2n) is 6.83. The highest BCUT2D eigenvalue weighted by molar-refractivity contribution is 5.46. The third kappa shape index (κ3) is 6.62. The minimum Gasteiger partial charge on any atom is -0.302 e. The van der Waals surface area contributed by atoms with Crippen molar-refractivity contribution >= 4 is 0 Å². The molecule has 0 saturated carbocycles. The fraction of sp³-hybridized carbons (Fsp3) is 0.524. The Balaban J connectivity index is 5.84. The predicted octanol–water partition coefficient (Wildman–Crippen LogP) is 6.33. The Labute approximate surface area is 152 Å². The van der Waals surface area contributed by atoms with Crippen molar-refractivity contribution in [2.24, 2.45) is 5.92 Å². The third-order valence-electron chi connectivity index (χ3n) is 4.32. The van der Waals surface area contributed by atoms with Crippen molar-refractivity contribution in [2.75, 3.05) is 20.6 Å². The van der Waals surface area contributed by atoms with E-state index in [1.807, 2.05) is 21.0 Å². The van der Waals surface area contributed by atoms with Gasteiger partial charge in [-0.2, -0.15) is 0 Å². The average Bonchev–Trinajstić information content (AvgIpc) is 2.50. The average molecular weight is 353 g/mol. The lowest BCUT2D eigenvalue weighted by molar-refractivity contribution is 0.0805. The van der Waals surface area contributed by atoms with E-state index in [0.717, 1.165) is 30.9 Å². The van der Waals surface area contributed by atoms with Crippen molar-refractivity contribution in [3.63, 3.8) is 0 Å². The Hall–Kier alpha value is -1.68. The molecule has 0 saturated heterocycles. The van der Waals surface area contributed by atoms with E-state index in [2.05, 4.69) is 40.5 Å². The lowest BCUT2D eigenvalue weighted by atomic mass is 9.89. The highest BCUT2D eigenvalue weighted by atomic mass is 19.2. The minimum atomic E-state index is -0.906. The summed E-state index contributed by atoms with van der Waals surface area (Å²) in [6, 6.07) is 0. The van der Waals surface area contributed by atoms with Crippen LogP contribution in [0.25, 0.3) is 0 Å². The summed E-state index contributed by atoms with van der Waals surface area (Å²) in [5.41, 5.74) is 3.87. The van der Waals surface area contributed by atoms with Gasteiger partial charge in [0.1, 0.15) is 5.83 Å². The molecule has 0 aliphatic carbocycles. The SMILES string of the molecule is C=C(CN(C(=C)/C(C(=C)C)=C(/C)C(C)CCC)N(C)C)/C(F)=C(\C)F. The highest BCUT2D eigenvalue weighted by Gasteiger charge is 2.21. The van der Waals surface area contributed by atoms with Crippen molar-refractivity contribution in [1.82, 2.24) is 10.0 Å². The van der Waals surface area contributed by atoms with Gasteiger partial charge in [0, 0.05) is 25.2 Å². The van der Waals surface area contributed by atoms with Gasteiger partial charge in [0.15, 0.2) is 5.83 Å². The van der Waals surface area contributed by atoms with Crippen LogP contribution < -0.4 is 0 Å². The molecule has 1 atom stereocenters. The van der Waals surface area contributed by atoms with Gasteiger partial charge in [-0.25, -0.2) is 13.8 Å². The maximum absolute atomic E-state index is 13.9. The zero-order valence-electron chi connectivity index (χ0n) is 17.0. The molecule has 0 aliphatic rings. The van der Waals surface area contributed by atoms with Gasteiger partial charge in [0.05, 0.1) is 12.2 Å². The molecule has 142 valence electrons.